The predicted octanol–water partition coefficient (Wildman–Crippen LogP) is 1.12. The number of thiazole rings is 1. The lowest BCUT2D eigenvalue weighted by Crippen LogP contribution is -2.44. The van der Waals surface area contributed by atoms with Gasteiger partial charge in [0.1, 0.15) is 17.6 Å². The summed E-state index contributed by atoms with van der Waals surface area (Å²) < 4.78 is 1.73. The lowest BCUT2D eigenvalue weighted by molar-refractivity contribution is -0.125. The third-order valence-electron chi connectivity index (χ3n) is 4.63. The van der Waals surface area contributed by atoms with Crippen LogP contribution in [0.1, 0.15) is 40.5 Å². The van der Waals surface area contributed by atoms with E-state index >= 15 is 0 Å². The van der Waals surface area contributed by atoms with Crippen LogP contribution in [0.2, 0.25) is 0 Å². The van der Waals surface area contributed by atoms with Crippen LogP contribution in [0.4, 0.5) is 5.13 Å². The summed E-state index contributed by atoms with van der Waals surface area (Å²) >= 11 is 1.27. The highest BCUT2D eigenvalue weighted by Crippen LogP contribution is 2.29. The van der Waals surface area contributed by atoms with Crippen LogP contribution >= 0.6 is 11.3 Å². The number of anilines is 1. The standard InChI is InChI=1S/C19H28N6O3S/c1-11(2)21-14(26)9-25-10-20-16-15(18(25)28)29-19(23-16)24-7-5-6-13(8-24)17(27)22-12(3)4/h10-13H,5-9H2,1-4H3,(H,21,26)(H,22,27). The molecule has 29 heavy (non-hydrogen) atoms. The molecule has 0 spiro atoms. The Morgan fingerprint density at radius 1 is 1.24 bits per heavy atom. The van der Waals surface area contributed by atoms with Crippen LogP contribution < -0.4 is 21.1 Å². The molecule has 0 radical (unpaired) electrons. The highest BCUT2D eigenvalue weighted by Gasteiger charge is 2.28. The number of nitrogens with one attached hydrogen (secondary N) is 2. The lowest BCUT2D eigenvalue weighted by atomic mass is 9.97. The summed E-state index contributed by atoms with van der Waals surface area (Å²) in [4.78, 5) is 47.9. The number of nitrogens with zero attached hydrogens (tertiary/aromatic N) is 4. The van der Waals surface area contributed by atoms with Crippen LogP contribution in [0.15, 0.2) is 11.1 Å². The fraction of sp³-hybridized carbons (Fsp3) is 0.632. The molecule has 9 nitrogen and oxygen atoms in total. The molecule has 1 saturated heterocycles. The topological polar surface area (TPSA) is 109 Å². The Balaban J connectivity index is 1.79. The first-order valence-electron chi connectivity index (χ1n) is 9.95. The summed E-state index contributed by atoms with van der Waals surface area (Å²) in [6, 6.07) is 0.112. The van der Waals surface area contributed by atoms with Crippen molar-refractivity contribution in [3.63, 3.8) is 0 Å². The lowest BCUT2D eigenvalue weighted by Gasteiger charge is -2.32. The van der Waals surface area contributed by atoms with Crippen molar-refractivity contribution in [2.24, 2.45) is 5.92 Å². The van der Waals surface area contributed by atoms with Gasteiger partial charge in [-0.05, 0) is 40.5 Å². The van der Waals surface area contributed by atoms with Crippen molar-refractivity contribution in [2.45, 2.75) is 59.2 Å². The van der Waals surface area contributed by atoms with Gasteiger partial charge in [-0.15, -0.1) is 0 Å². The third-order valence-corrected chi connectivity index (χ3v) is 5.72. The van der Waals surface area contributed by atoms with Gasteiger partial charge in [0.2, 0.25) is 11.8 Å². The number of hydrogen-bond donors (Lipinski definition) is 2. The summed E-state index contributed by atoms with van der Waals surface area (Å²) in [7, 11) is 0. The van der Waals surface area contributed by atoms with E-state index in [0.717, 1.165) is 19.4 Å². The Morgan fingerprint density at radius 2 is 1.97 bits per heavy atom. The maximum absolute atomic E-state index is 12.8. The Kier molecular flexibility index (Phi) is 6.51. The van der Waals surface area contributed by atoms with E-state index in [1.165, 1.54) is 22.2 Å². The van der Waals surface area contributed by atoms with Gasteiger partial charge in [-0.2, -0.15) is 4.98 Å². The van der Waals surface area contributed by atoms with Crippen molar-refractivity contribution in [1.29, 1.82) is 0 Å². The maximum Gasteiger partial charge on any atom is 0.273 e. The fourth-order valence-corrected chi connectivity index (χ4v) is 4.38. The van der Waals surface area contributed by atoms with Gasteiger partial charge in [0.05, 0.1) is 5.92 Å². The Bertz CT molecular complexity index is 951. The monoisotopic (exact) mass is 420 g/mol. The van der Waals surface area contributed by atoms with Gasteiger partial charge in [0.25, 0.3) is 5.56 Å². The smallest absolute Gasteiger partial charge is 0.273 e. The largest absolute Gasteiger partial charge is 0.354 e. The first-order valence-corrected chi connectivity index (χ1v) is 10.8. The van der Waals surface area contributed by atoms with E-state index in [9.17, 15) is 14.4 Å². The number of aromatic nitrogens is 3. The number of fused-ring (bicyclic) bond motifs is 1. The fourth-order valence-electron chi connectivity index (χ4n) is 3.37. The van der Waals surface area contributed by atoms with Gasteiger partial charge >= 0.3 is 0 Å². The number of piperidine rings is 1. The molecule has 2 aromatic rings. The summed E-state index contributed by atoms with van der Waals surface area (Å²) in [5, 5.41) is 6.43. The number of rotatable bonds is 6. The van der Waals surface area contributed by atoms with Crippen molar-refractivity contribution in [2.75, 3.05) is 18.0 Å². The third kappa shape index (κ3) is 5.11. The van der Waals surface area contributed by atoms with Crippen molar-refractivity contribution in [3.05, 3.63) is 16.7 Å². The van der Waals surface area contributed by atoms with Gasteiger partial charge in [0, 0.05) is 25.2 Å². The second-order valence-corrected chi connectivity index (χ2v) is 8.97. The molecule has 1 aliphatic heterocycles. The minimum absolute atomic E-state index is 0.00448. The van der Waals surface area contributed by atoms with Crippen LogP contribution in [-0.4, -0.2) is 51.5 Å². The second kappa shape index (κ2) is 8.89. The molecule has 0 aliphatic carbocycles. The Hall–Kier alpha value is -2.49. The van der Waals surface area contributed by atoms with Gasteiger partial charge in [-0.25, -0.2) is 4.98 Å². The average molecular weight is 421 g/mol. The molecular formula is C19H28N6O3S. The zero-order valence-corrected chi connectivity index (χ0v) is 18.1. The summed E-state index contributed by atoms with van der Waals surface area (Å²) in [6.45, 7) is 8.91. The molecule has 10 heteroatoms. The average Bonchev–Trinajstić information content (AvgIpc) is 3.08. The SMILES string of the molecule is CC(C)NC(=O)Cn1cnc2nc(N3CCCC(C(=O)NC(C)C)C3)sc2c1=O. The normalized spacial score (nSPS) is 17.2. The highest BCUT2D eigenvalue weighted by molar-refractivity contribution is 7.22. The first-order chi connectivity index (χ1) is 13.7. The molecule has 1 unspecified atom stereocenters. The Morgan fingerprint density at radius 3 is 2.66 bits per heavy atom. The molecule has 2 N–H and O–H groups in total. The number of carbonyl (C=O) groups is 2. The molecule has 1 aliphatic rings. The van der Waals surface area contributed by atoms with Gasteiger partial charge in [0.15, 0.2) is 10.8 Å². The molecule has 2 amide bonds. The first kappa shape index (κ1) is 21.2. The van der Waals surface area contributed by atoms with Crippen molar-refractivity contribution < 1.29 is 9.59 Å². The minimum atomic E-state index is -0.274. The maximum atomic E-state index is 12.8. The van der Waals surface area contributed by atoms with E-state index in [1.807, 2.05) is 27.7 Å². The van der Waals surface area contributed by atoms with Crippen molar-refractivity contribution >= 4 is 38.6 Å². The van der Waals surface area contributed by atoms with E-state index in [1.54, 1.807) is 0 Å². The summed E-state index contributed by atoms with van der Waals surface area (Å²) in [6.07, 6.45) is 3.10. The molecule has 2 aromatic heterocycles. The highest BCUT2D eigenvalue weighted by atomic mass is 32.1. The molecule has 3 heterocycles. The van der Waals surface area contributed by atoms with Gasteiger partial charge < -0.3 is 15.5 Å². The van der Waals surface area contributed by atoms with Gasteiger partial charge in [-0.3, -0.25) is 19.0 Å². The predicted molar refractivity (Wildman–Crippen MR) is 113 cm³/mol. The second-order valence-electron chi connectivity index (χ2n) is 8.00. The number of amides is 2. The van der Waals surface area contributed by atoms with Gasteiger partial charge in [-0.1, -0.05) is 11.3 Å². The zero-order valence-electron chi connectivity index (χ0n) is 17.3. The minimum Gasteiger partial charge on any atom is -0.354 e. The molecule has 1 fully saturated rings. The van der Waals surface area contributed by atoms with E-state index < -0.39 is 0 Å². The molecule has 0 aromatic carbocycles. The van der Waals surface area contributed by atoms with Crippen molar-refractivity contribution in [3.8, 4) is 0 Å². The van der Waals surface area contributed by atoms with E-state index in [-0.39, 0.29) is 41.9 Å². The molecule has 158 valence electrons. The van der Waals surface area contributed by atoms with E-state index in [4.69, 9.17) is 0 Å². The van der Waals surface area contributed by atoms with Crippen LogP contribution in [0.25, 0.3) is 10.3 Å². The zero-order chi connectivity index (χ0) is 21.1. The Labute approximate surface area is 173 Å². The summed E-state index contributed by atoms with van der Waals surface area (Å²) in [5.74, 6) is -0.270. The van der Waals surface area contributed by atoms with E-state index in [0.29, 0.717) is 22.0 Å². The van der Waals surface area contributed by atoms with Crippen LogP contribution in [0.3, 0.4) is 0 Å². The van der Waals surface area contributed by atoms with Crippen LogP contribution in [-0.2, 0) is 16.1 Å². The quantitative estimate of drug-likeness (QED) is 0.725. The summed E-state index contributed by atoms with van der Waals surface area (Å²) in [5.41, 5.74) is 0.105. The van der Waals surface area contributed by atoms with Crippen LogP contribution in [0, 0.1) is 5.92 Å². The molecule has 0 bridgehead atoms. The van der Waals surface area contributed by atoms with E-state index in [2.05, 4.69) is 25.5 Å². The molecule has 3 rings (SSSR count). The number of carbonyl (C=O) groups excluding carboxylic acids is 2. The number of hydrogen-bond acceptors (Lipinski definition) is 7. The van der Waals surface area contributed by atoms with Crippen molar-refractivity contribution in [1.82, 2.24) is 25.2 Å². The molecule has 0 saturated carbocycles. The molecule has 1 atom stereocenters. The molecular weight excluding hydrogens is 392 g/mol. The van der Waals surface area contributed by atoms with Crippen LogP contribution in [0.5, 0.6) is 0 Å².